The van der Waals surface area contributed by atoms with Gasteiger partial charge in [0.1, 0.15) is 23.9 Å². The van der Waals surface area contributed by atoms with Crippen LogP contribution in [0, 0.1) is 11.2 Å². The molecule has 6 rings (SSSR count). The van der Waals surface area contributed by atoms with E-state index in [-0.39, 0.29) is 40.0 Å². The molecule has 0 spiro atoms. The van der Waals surface area contributed by atoms with Gasteiger partial charge in [-0.2, -0.15) is 0 Å². The quantitative estimate of drug-likeness (QED) is 0.699. The fourth-order valence-electron chi connectivity index (χ4n) is 4.88. The lowest BCUT2D eigenvalue weighted by Crippen LogP contribution is -2.75. The van der Waals surface area contributed by atoms with E-state index in [1.54, 1.807) is 0 Å². The third-order valence-corrected chi connectivity index (χ3v) is 6.45. The van der Waals surface area contributed by atoms with E-state index in [0.29, 0.717) is 23.8 Å². The summed E-state index contributed by atoms with van der Waals surface area (Å²) in [7, 11) is 0. The van der Waals surface area contributed by atoms with Crippen molar-refractivity contribution in [1.29, 1.82) is 0 Å². The summed E-state index contributed by atoms with van der Waals surface area (Å²) in [5.74, 6) is 0.492. The monoisotopic (exact) mass is 418 g/mol. The van der Waals surface area contributed by atoms with Crippen LogP contribution in [0.1, 0.15) is 60.7 Å². The van der Waals surface area contributed by atoms with Gasteiger partial charge in [-0.1, -0.05) is 11.6 Å². The highest BCUT2D eigenvalue weighted by Crippen LogP contribution is 2.69. The van der Waals surface area contributed by atoms with Crippen LogP contribution in [-0.4, -0.2) is 28.8 Å². The van der Waals surface area contributed by atoms with Crippen molar-refractivity contribution in [3.63, 3.8) is 0 Å². The van der Waals surface area contributed by atoms with Gasteiger partial charge in [0.05, 0.1) is 5.02 Å². The van der Waals surface area contributed by atoms with Crippen LogP contribution in [0.3, 0.4) is 0 Å². The molecular formula is C21H20ClFN2O4. The molecule has 4 saturated carbocycles. The summed E-state index contributed by atoms with van der Waals surface area (Å²) in [6.45, 7) is -0.105. The first-order chi connectivity index (χ1) is 13.9. The number of nitrogens with one attached hydrogen (secondary N) is 1. The summed E-state index contributed by atoms with van der Waals surface area (Å²) >= 11 is 5.63. The first kappa shape index (κ1) is 18.6. The molecule has 4 aliphatic carbocycles. The lowest BCUT2D eigenvalue weighted by atomic mass is 9.38. The second-order valence-electron chi connectivity index (χ2n) is 8.68. The maximum atomic E-state index is 13.4. The molecule has 8 heteroatoms. The van der Waals surface area contributed by atoms with Gasteiger partial charge in [-0.3, -0.25) is 9.59 Å². The average Bonchev–Trinajstić information content (AvgIpc) is 3.36. The Bertz CT molecular complexity index is 981. The zero-order valence-electron chi connectivity index (χ0n) is 15.7. The lowest BCUT2D eigenvalue weighted by molar-refractivity contribution is -0.162. The number of hydrogen-bond acceptors (Lipinski definition) is 5. The van der Waals surface area contributed by atoms with Crippen molar-refractivity contribution in [2.45, 2.75) is 50.0 Å². The number of amides is 1. The third kappa shape index (κ3) is 3.41. The average molecular weight is 419 g/mol. The van der Waals surface area contributed by atoms with Gasteiger partial charge in [0.15, 0.2) is 17.9 Å². The van der Waals surface area contributed by atoms with E-state index in [1.807, 2.05) is 0 Å². The molecular weight excluding hydrogens is 399 g/mol. The summed E-state index contributed by atoms with van der Waals surface area (Å²) in [6.07, 6.45) is 6.15. The number of Topliss-reactive ketones (excluding diaryl/α,β-unsaturated/α-hetero) is 1. The van der Waals surface area contributed by atoms with Crippen molar-refractivity contribution in [3.05, 3.63) is 46.9 Å². The second-order valence-corrected chi connectivity index (χ2v) is 9.09. The predicted octanol–water partition coefficient (Wildman–Crippen LogP) is 4.04. The number of ether oxygens (including phenoxy) is 1. The maximum Gasteiger partial charge on any atom is 0.273 e. The Morgan fingerprint density at radius 3 is 2.76 bits per heavy atom. The van der Waals surface area contributed by atoms with Crippen LogP contribution in [0.2, 0.25) is 5.02 Å². The highest BCUT2D eigenvalue weighted by Gasteiger charge is 2.68. The standard InChI is InChI=1S/C21H20ClFN2O4/c22-15-4-3-14(5-16(15)23)28-7-13(26)6-20-8-21(9-20,10-20)25-19(27)17-18(12-1-2-12)29-11-24-17/h3-5,11-12H,1-2,6-10H2,(H,25,27). The van der Waals surface area contributed by atoms with Gasteiger partial charge in [0, 0.05) is 23.9 Å². The van der Waals surface area contributed by atoms with Gasteiger partial charge in [0.25, 0.3) is 5.91 Å². The molecule has 0 saturated heterocycles. The Labute approximate surface area is 171 Å². The van der Waals surface area contributed by atoms with Crippen molar-refractivity contribution in [2.24, 2.45) is 5.41 Å². The van der Waals surface area contributed by atoms with Gasteiger partial charge >= 0.3 is 0 Å². The lowest BCUT2D eigenvalue weighted by Gasteiger charge is -2.70. The third-order valence-electron chi connectivity index (χ3n) is 6.14. The van der Waals surface area contributed by atoms with Crippen LogP contribution in [0.15, 0.2) is 29.0 Å². The largest absolute Gasteiger partial charge is 0.486 e. The number of rotatable bonds is 8. The molecule has 1 aromatic heterocycles. The van der Waals surface area contributed by atoms with Gasteiger partial charge in [-0.05, 0) is 49.7 Å². The number of carbonyl (C=O) groups is 2. The van der Waals surface area contributed by atoms with Crippen molar-refractivity contribution >= 4 is 23.3 Å². The molecule has 1 amide bonds. The van der Waals surface area contributed by atoms with E-state index >= 15 is 0 Å². The Morgan fingerprint density at radius 1 is 1.31 bits per heavy atom. The van der Waals surface area contributed by atoms with E-state index in [4.69, 9.17) is 20.8 Å². The molecule has 0 aliphatic heterocycles. The summed E-state index contributed by atoms with van der Waals surface area (Å²) < 4.78 is 24.2. The van der Waals surface area contributed by atoms with E-state index in [2.05, 4.69) is 10.3 Å². The van der Waals surface area contributed by atoms with E-state index in [9.17, 15) is 14.0 Å². The zero-order valence-corrected chi connectivity index (χ0v) is 16.4. The molecule has 0 unspecified atom stereocenters. The molecule has 0 atom stereocenters. The molecule has 152 valence electrons. The fourth-order valence-corrected chi connectivity index (χ4v) is 5.00. The summed E-state index contributed by atoms with van der Waals surface area (Å²) in [5.41, 5.74) is 0.116. The molecule has 4 fully saturated rings. The minimum atomic E-state index is -0.578. The topological polar surface area (TPSA) is 81.4 Å². The fraction of sp³-hybridized carbons (Fsp3) is 0.476. The van der Waals surface area contributed by atoms with Crippen LogP contribution in [-0.2, 0) is 4.79 Å². The minimum Gasteiger partial charge on any atom is -0.486 e. The number of aromatic nitrogens is 1. The van der Waals surface area contributed by atoms with Crippen molar-refractivity contribution < 1.29 is 23.1 Å². The van der Waals surface area contributed by atoms with E-state index in [1.165, 1.54) is 24.6 Å². The van der Waals surface area contributed by atoms with Gasteiger partial charge in [0.2, 0.25) is 0 Å². The highest BCUT2D eigenvalue weighted by atomic mass is 35.5. The Morgan fingerprint density at radius 2 is 2.07 bits per heavy atom. The molecule has 29 heavy (non-hydrogen) atoms. The number of benzene rings is 1. The number of oxazole rings is 1. The van der Waals surface area contributed by atoms with Gasteiger partial charge < -0.3 is 14.5 Å². The molecule has 4 aliphatic rings. The Balaban J connectivity index is 1.10. The van der Waals surface area contributed by atoms with Crippen LogP contribution in [0.25, 0.3) is 0 Å². The number of ketones is 1. The molecule has 2 aromatic rings. The van der Waals surface area contributed by atoms with Crippen molar-refractivity contribution in [3.8, 4) is 5.75 Å². The summed E-state index contributed by atoms with van der Waals surface area (Å²) in [4.78, 5) is 28.9. The summed E-state index contributed by atoms with van der Waals surface area (Å²) in [5, 5.41) is 3.11. The number of nitrogens with zero attached hydrogens (tertiary/aromatic N) is 1. The molecule has 6 nitrogen and oxygen atoms in total. The first-order valence-corrected chi connectivity index (χ1v) is 10.1. The highest BCUT2D eigenvalue weighted by molar-refractivity contribution is 6.30. The smallest absolute Gasteiger partial charge is 0.273 e. The predicted molar refractivity (Wildman–Crippen MR) is 101 cm³/mol. The molecule has 1 heterocycles. The van der Waals surface area contributed by atoms with Gasteiger partial charge in [-0.25, -0.2) is 9.37 Å². The van der Waals surface area contributed by atoms with Crippen molar-refractivity contribution in [1.82, 2.24) is 10.3 Å². The molecule has 1 aromatic carbocycles. The Hall–Kier alpha value is -2.41. The molecule has 0 radical (unpaired) electrons. The van der Waals surface area contributed by atoms with E-state index < -0.39 is 5.82 Å². The van der Waals surface area contributed by atoms with Crippen LogP contribution < -0.4 is 10.1 Å². The number of hydrogen-bond donors (Lipinski definition) is 1. The normalized spacial score (nSPS) is 27.0. The molecule has 1 N–H and O–H groups in total. The zero-order chi connectivity index (χ0) is 20.2. The minimum absolute atomic E-state index is 0.0137. The van der Waals surface area contributed by atoms with Crippen LogP contribution >= 0.6 is 11.6 Å². The first-order valence-electron chi connectivity index (χ1n) is 9.73. The van der Waals surface area contributed by atoms with Gasteiger partial charge in [-0.15, -0.1) is 0 Å². The van der Waals surface area contributed by atoms with E-state index in [0.717, 1.165) is 32.1 Å². The SMILES string of the molecule is O=C(COc1ccc(Cl)c(F)c1)CC12CC(NC(=O)c3ncoc3C3CC3)(C1)C2. The van der Waals surface area contributed by atoms with Crippen molar-refractivity contribution in [2.75, 3.05) is 6.61 Å². The number of halogens is 2. The Kier molecular flexibility index (Phi) is 4.21. The number of carbonyl (C=O) groups excluding carboxylic acids is 2. The molecule has 2 bridgehead atoms. The second kappa shape index (κ2) is 6.55. The van der Waals surface area contributed by atoms with Crippen LogP contribution in [0.4, 0.5) is 4.39 Å². The summed E-state index contributed by atoms with van der Waals surface area (Å²) in [6, 6.07) is 4.10. The van der Waals surface area contributed by atoms with Crippen LogP contribution in [0.5, 0.6) is 5.75 Å². The maximum absolute atomic E-state index is 13.4.